The fraction of sp³-hybridized carbons (Fsp3) is 0.909. The molecule has 0 bridgehead atoms. The monoisotopic (exact) mass is 213 g/mol. The van der Waals surface area contributed by atoms with E-state index in [2.05, 4.69) is 5.18 Å². The van der Waals surface area contributed by atoms with Gasteiger partial charge < -0.3 is 4.74 Å². The highest BCUT2D eigenvalue weighted by atomic mass is 16.5. The van der Waals surface area contributed by atoms with Gasteiger partial charge in [0.1, 0.15) is 0 Å². The SMILES string of the molecule is CCOC(=O)CCCC1CCCC1N=O. The number of esters is 1. The lowest BCUT2D eigenvalue weighted by atomic mass is 9.97. The lowest BCUT2D eigenvalue weighted by Crippen LogP contribution is -2.12. The van der Waals surface area contributed by atoms with E-state index >= 15 is 0 Å². The first-order chi connectivity index (χ1) is 7.27. The Morgan fingerprint density at radius 1 is 1.47 bits per heavy atom. The minimum Gasteiger partial charge on any atom is -0.466 e. The Balaban J connectivity index is 2.14. The van der Waals surface area contributed by atoms with E-state index in [1.807, 2.05) is 0 Å². The smallest absolute Gasteiger partial charge is 0.305 e. The molecule has 0 aliphatic heterocycles. The maximum absolute atomic E-state index is 11.1. The van der Waals surface area contributed by atoms with Crippen LogP contribution in [0.3, 0.4) is 0 Å². The molecule has 15 heavy (non-hydrogen) atoms. The Bertz CT molecular complexity index is 218. The van der Waals surface area contributed by atoms with Crippen molar-refractivity contribution in [3.63, 3.8) is 0 Å². The highest BCUT2D eigenvalue weighted by Gasteiger charge is 2.27. The molecule has 4 nitrogen and oxygen atoms in total. The van der Waals surface area contributed by atoms with E-state index in [9.17, 15) is 9.70 Å². The van der Waals surface area contributed by atoms with E-state index in [1.54, 1.807) is 6.92 Å². The second kappa shape index (κ2) is 6.53. The molecular formula is C11H19NO3. The number of hydrogen-bond acceptors (Lipinski definition) is 4. The van der Waals surface area contributed by atoms with E-state index in [-0.39, 0.29) is 12.0 Å². The molecule has 4 heteroatoms. The molecule has 1 rings (SSSR count). The van der Waals surface area contributed by atoms with Crippen LogP contribution in [0.15, 0.2) is 5.18 Å². The molecule has 1 aliphatic carbocycles. The summed E-state index contributed by atoms with van der Waals surface area (Å²) in [4.78, 5) is 21.5. The minimum atomic E-state index is -0.133. The minimum absolute atomic E-state index is 0.00723. The molecule has 0 aromatic heterocycles. The van der Waals surface area contributed by atoms with Gasteiger partial charge in [-0.05, 0) is 38.5 Å². The van der Waals surface area contributed by atoms with Crippen molar-refractivity contribution in [1.29, 1.82) is 0 Å². The standard InChI is InChI=1S/C11H19NO3/c1-2-15-11(13)8-4-6-9-5-3-7-10(9)12-14/h9-10H,2-8H2,1H3. The number of carbonyl (C=O) groups is 1. The quantitative estimate of drug-likeness (QED) is 0.503. The van der Waals surface area contributed by atoms with Crippen LogP contribution in [0.2, 0.25) is 0 Å². The molecule has 2 unspecified atom stereocenters. The van der Waals surface area contributed by atoms with Crippen LogP contribution in [-0.2, 0) is 9.53 Å². The normalized spacial score (nSPS) is 25.1. The Hall–Kier alpha value is -0.930. The Morgan fingerprint density at radius 3 is 2.93 bits per heavy atom. The molecule has 0 radical (unpaired) electrons. The van der Waals surface area contributed by atoms with E-state index in [4.69, 9.17) is 4.74 Å². The molecule has 0 aromatic rings. The van der Waals surface area contributed by atoms with Gasteiger partial charge in [0.25, 0.3) is 0 Å². The largest absolute Gasteiger partial charge is 0.466 e. The zero-order chi connectivity index (χ0) is 11.1. The highest BCUT2D eigenvalue weighted by Crippen LogP contribution is 2.31. The third-order valence-corrected chi connectivity index (χ3v) is 3.02. The fourth-order valence-corrected chi connectivity index (χ4v) is 2.23. The first kappa shape index (κ1) is 12.1. The number of hydrogen-bond donors (Lipinski definition) is 0. The molecule has 0 spiro atoms. The molecular weight excluding hydrogens is 194 g/mol. The predicted molar refractivity (Wildman–Crippen MR) is 57.4 cm³/mol. The number of ether oxygens (including phenoxy) is 1. The van der Waals surface area contributed by atoms with Crippen LogP contribution < -0.4 is 0 Å². The van der Waals surface area contributed by atoms with Crippen molar-refractivity contribution in [3.8, 4) is 0 Å². The summed E-state index contributed by atoms with van der Waals surface area (Å²) in [5, 5.41) is 3.14. The van der Waals surface area contributed by atoms with Crippen LogP contribution >= 0.6 is 0 Å². The molecule has 1 fully saturated rings. The third-order valence-electron chi connectivity index (χ3n) is 3.02. The maximum atomic E-state index is 11.1. The van der Waals surface area contributed by atoms with Crippen LogP contribution in [0.1, 0.15) is 45.4 Å². The first-order valence-corrected chi connectivity index (χ1v) is 5.76. The Kier molecular flexibility index (Phi) is 5.29. The van der Waals surface area contributed by atoms with Crippen molar-refractivity contribution in [1.82, 2.24) is 0 Å². The predicted octanol–water partition coefficient (Wildman–Crippen LogP) is 2.65. The van der Waals surface area contributed by atoms with E-state index < -0.39 is 0 Å². The van der Waals surface area contributed by atoms with Crippen molar-refractivity contribution in [3.05, 3.63) is 4.91 Å². The molecule has 1 saturated carbocycles. The fourth-order valence-electron chi connectivity index (χ4n) is 2.23. The average molecular weight is 213 g/mol. The lowest BCUT2D eigenvalue weighted by molar-refractivity contribution is -0.143. The summed E-state index contributed by atoms with van der Waals surface area (Å²) >= 11 is 0. The molecule has 0 saturated heterocycles. The molecule has 2 atom stereocenters. The zero-order valence-electron chi connectivity index (χ0n) is 9.28. The second-order valence-electron chi connectivity index (χ2n) is 4.06. The van der Waals surface area contributed by atoms with Gasteiger partial charge in [0.2, 0.25) is 0 Å². The summed E-state index contributed by atoms with van der Waals surface area (Å²) in [6.07, 6.45) is 5.31. The van der Waals surface area contributed by atoms with Gasteiger partial charge in [-0.3, -0.25) is 4.79 Å². The lowest BCUT2D eigenvalue weighted by Gasteiger charge is -2.12. The van der Waals surface area contributed by atoms with Gasteiger partial charge in [0.05, 0.1) is 12.6 Å². The van der Waals surface area contributed by atoms with E-state index in [0.717, 1.165) is 32.1 Å². The second-order valence-corrected chi connectivity index (χ2v) is 4.06. The third kappa shape index (κ3) is 3.98. The molecule has 0 amide bonds. The van der Waals surface area contributed by atoms with Crippen molar-refractivity contribution >= 4 is 5.97 Å². The van der Waals surface area contributed by atoms with Gasteiger partial charge in [-0.15, -0.1) is 0 Å². The van der Waals surface area contributed by atoms with Gasteiger partial charge in [-0.1, -0.05) is 11.6 Å². The Morgan fingerprint density at radius 2 is 2.27 bits per heavy atom. The van der Waals surface area contributed by atoms with Gasteiger partial charge in [0.15, 0.2) is 0 Å². The van der Waals surface area contributed by atoms with Crippen molar-refractivity contribution < 1.29 is 9.53 Å². The van der Waals surface area contributed by atoms with E-state index in [1.165, 1.54) is 0 Å². The molecule has 0 heterocycles. The van der Waals surface area contributed by atoms with Crippen LogP contribution in [-0.4, -0.2) is 18.6 Å². The number of rotatable bonds is 6. The summed E-state index contributed by atoms with van der Waals surface area (Å²) < 4.78 is 4.84. The first-order valence-electron chi connectivity index (χ1n) is 5.76. The summed E-state index contributed by atoms with van der Waals surface area (Å²) in [5.74, 6) is 0.267. The summed E-state index contributed by atoms with van der Waals surface area (Å²) in [6.45, 7) is 2.25. The van der Waals surface area contributed by atoms with Crippen molar-refractivity contribution in [2.24, 2.45) is 11.1 Å². The number of carbonyl (C=O) groups excluding carboxylic acids is 1. The maximum Gasteiger partial charge on any atom is 0.305 e. The van der Waals surface area contributed by atoms with Gasteiger partial charge >= 0.3 is 5.97 Å². The molecule has 1 aliphatic rings. The van der Waals surface area contributed by atoms with Gasteiger partial charge in [0, 0.05) is 6.42 Å². The van der Waals surface area contributed by atoms with E-state index in [0.29, 0.717) is 18.9 Å². The van der Waals surface area contributed by atoms with Crippen LogP contribution in [0, 0.1) is 10.8 Å². The van der Waals surface area contributed by atoms with Crippen LogP contribution in [0.5, 0.6) is 0 Å². The zero-order valence-corrected chi connectivity index (χ0v) is 9.28. The highest BCUT2D eigenvalue weighted by molar-refractivity contribution is 5.69. The van der Waals surface area contributed by atoms with Crippen LogP contribution in [0.25, 0.3) is 0 Å². The summed E-state index contributed by atoms with van der Waals surface area (Å²) in [5.41, 5.74) is 0. The molecule has 86 valence electrons. The van der Waals surface area contributed by atoms with Gasteiger partial charge in [-0.2, -0.15) is 4.91 Å². The molecule has 0 N–H and O–H groups in total. The number of nitrogens with zero attached hydrogens (tertiary/aromatic N) is 1. The molecule has 0 aromatic carbocycles. The average Bonchev–Trinajstić information content (AvgIpc) is 2.66. The summed E-state index contributed by atoms with van der Waals surface area (Å²) in [7, 11) is 0. The Labute approximate surface area is 90.4 Å². The van der Waals surface area contributed by atoms with Crippen molar-refractivity contribution in [2.45, 2.75) is 51.5 Å². The van der Waals surface area contributed by atoms with Gasteiger partial charge in [-0.25, -0.2) is 0 Å². The van der Waals surface area contributed by atoms with Crippen LogP contribution in [0.4, 0.5) is 0 Å². The summed E-state index contributed by atoms with van der Waals surface area (Å²) in [6, 6.07) is -0.00723. The number of nitroso groups, excluding NO2 is 1. The van der Waals surface area contributed by atoms with Crippen molar-refractivity contribution in [2.75, 3.05) is 6.61 Å². The topological polar surface area (TPSA) is 55.7 Å².